The Balaban J connectivity index is 1.48. The van der Waals surface area contributed by atoms with Gasteiger partial charge in [0.2, 0.25) is 5.91 Å². The summed E-state index contributed by atoms with van der Waals surface area (Å²) in [5.41, 5.74) is 4.13. The van der Waals surface area contributed by atoms with E-state index in [1.807, 2.05) is 44.2 Å². The van der Waals surface area contributed by atoms with Gasteiger partial charge in [-0.3, -0.25) is 4.79 Å². The predicted octanol–water partition coefficient (Wildman–Crippen LogP) is 4.47. The van der Waals surface area contributed by atoms with Crippen LogP contribution in [0, 0.1) is 19.7 Å². The number of carbonyl (C=O) groups excluding carboxylic acids is 1. The SMILES string of the molecule is Cc1nn(-c2ccc(F)cc2)c(C)c1/C=C/C(=O)Nc1ccn(-c2ccccc2)n1. The number of carbonyl (C=O) groups is 1. The number of aromatic nitrogens is 4. The van der Waals surface area contributed by atoms with Gasteiger partial charge in [-0.05, 0) is 56.3 Å². The van der Waals surface area contributed by atoms with Crippen molar-refractivity contribution in [1.29, 1.82) is 0 Å². The summed E-state index contributed by atoms with van der Waals surface area (Å²) in [6.07, 6.45) is 4.96. The van der Waals surface area contributed by atoms with Gasteiger partial charge in [0.15, 0.2) is 5.82 Å². The van der Waals surface area contributed by atoms with Crippen LogP contribution in [0.4, 0.5) is 10.2 Å². The second kappa shape index (κ2) is 8.16. The molecule has 2 aromatic carbocycles. The molecule has 0 aliphatic heterocycles. The molecule has 4 aromatic rings. The maximum atomic E-state index is 13.2. The van der Waals surface area contributed by atoms with Crippen LogP contribution in [0.25, 0.3) is 17.5 Å². The highest BCUT2D eigenvalue weighted by molar-refractivity contribution is 6.01. The molecule has 2 aromatic heterocycles. The molecular formula is C23H20FN5O. The van der Waals surface area contributed by atoms with E-state index in [1.165, 1.54) is 18.2 Å². The predicted molar refractivity (Wildman–Crippen MR) is 114 cm³/mol. The van der Waals surface area contributed by atoms with Crippen LogP contribution in [0.5, 0.6) is 0 Å². The van der Waals surface area contributed by atoms with Crippen LogP contribution in [0.1, 0.15) is 17.0 Å². The number of halogens is 1. The number of aryl methyl sites for hydroxylation is 1. The first-order valence-electron chi connectivity index (χ1n) is 9.43. The number of anilines is 1. The van der Waals surface area contributed by atoms with Crippen molar-refractivity contribution in [2.24, 2.45) is 0 Å². The molecule has 2 heterocycles. The monoisotopic (exact) mass is 401 g/mol. The molecule has 1 N–H and O–H groups in total. The molecule has 0 bridgehead atoms. The van der Waals surface area contributed by atoms with Crippen molar-refractivity contribution in [3.05, 3.63) is 95.7 Å². The number of para-hydroxylation sites is 1. The normalized spacial score (nSPS) is 11.2. The molecule has 0 saturated heterocycles. The first-order valence-corrected chi connectivity index (χ1v) is 9.43. The molecule has 0 unspecified atom stereocenters. The number of nitrogens with one attached hydrogen (secondary N) is 1. The molecule has 0 fully saturated rings. The average molecular weight is 401 g/mol. The number of hydrogen-bond donors (Lipinski definition) is 1. The van der Waals surface area contributed by atoms with Gasteiger partial charge in [0.25, 0.3) is 0 Å². The molecule has 150 valence electrons. The smallest absolute Gasteiger partial charge is 0.249 e. The van der Waals surface area contributed by atoms with Crippen molar-refractivity contribution in [1.82, 2.24) is 19.6 Å². The fourth-order valence-corrected chi connectivity index (χ4v) is 3.17. The zero-order valence-corrected chi connectivity index (χ0v) is 16.6. The van der Waals surface area contributed by atoms with E-state index in [1.54, 1.807) is 39.8 Å². The molecule has 0 atom stereocenters. The summed E-state index contributed by atoms with van der Waals surface area (Å²) in [6, 6.07) is 17.5. The summed E-state index contributed by atoms with van der Waals surface area (Å²) in [6.45, 7) is 3.77. The van der Waals surface area contributed by atoms with Crippen LogP contribution in [0.15, 0.2) is 72.9 Å². The van der Waals surface area contributed by atoms with Gasteiger partial charge in [-0.2, -0.15) is 10.2 Å². The Morgan fingerprint density at radius 2 is 1.70 bits per heavy atom. The van der Waals surface area contributed by atoms with Gasteiger partial charge < -0.3 is 5.32 Å². The van der Waals surface area contributed by atoms with Crippen molar-refractivity contribution < 1.29 is 9.18 Å². The fourth-order valence-electron chi connectivity index (χ4n) is 3.17. The van der Waals surface area contributed by atoms with E-state index in [4.69, 9.17) is 0 Å². The van der Waals surface area contributed by atoms with E-state index < -0.39 is 0 Å². The molecule has 0 saturated carbocycles. The van der Waals surface area contributed by atoms with Gasteiger partial charge in [0.1, 0.15) is 5.82 Å². The van der Waals surface area contributed by atoms with Crippen molar-refractivity contribution in [3.63, 3.8) is 0 Å². The lowest BCUT2D eigenvalue weighted by Gasteiger charge is -2.04. The zero-order valence-electron chi connectivity index (χ0n) is 16.6. The minimum atomic E-state index is -0.299. The first-order chi connectivity index (χ1) is 14.5. The number of nitrogens with zero attached hydrogens (tertiary/aromatic N) is 4. The van der Waals surface area contributed by atoms with Crippen molar-refractivity contribution in [2.75, 3.05) is 5.32 Å². The summed E-state index contributed by atoms with van der Waals surface area (Å²) in [5.74, 6) is -0.127. The van der Waals surface area contributed by atoms with Crippen LogP contribution in [-0.2, 0) is 4.79 Å². The quantitative estimate of drug-likeness (QED) is 0.502. The molecule has 1 amide bonds. The Kier molecular flexibility index (Phi) is 5.26. The van der Waals surface area contributed by atoms with Crippen LogP contribution in [0.2, 0.25) is 0 Å². The van der Waals surface area contributed by atoms with E-state index in [9.17, 15) is 9.18 Å². The van der Waals surface area contributed by atoms with E-state index in [0.29, 0.717) is 5.82 Å². The Hall–Kier alpha value is -4.00. The molecule has 6 nitrogen and oxygen atoms in total. The topological polar surface area (TPSA) is 64.7 Å². The number of hydrogen-bond acceptors (Lipinski definition) is 3. The van der Waals surface area contributed by atoms with E-state index in [0.717, 1.165) is 28.3 Å². The van der Waals surface area contributed by atoms with Gasteiger partial charge >= 0.3 is 0 Å². The molecule has 4 rings (SSSR count). The second-order valence-electron chi connectivity index (χ2n) is 6.78. The highest BCUT2D eigenvalue weighted by Gasteiger charge is 2.11. The van der Waals surface area contributed by atoms with E-state index >= 15 is 0 Å². The zero-order chi connectivity index (χ0) is 21.1. The Labute approximate surface area is 173 Å². The van der Waals surface area contributed by atoms with Crippen LogP contribution in [-0.4, -0.2) is 25.5 Å². The van der Waals surface area contributed by atoms with Crippen molar-refractivity contribution in [2.45, 2.75) is 13.8 Å². The maximum absolute atomic E-state index is 13.2. The summed E-state index contributed by atoms with van der Waals surface area (Å²) in [4.78, 5) is 12.4. The average Bonchev–Trinajstić information content (AvgIpc) is 3.32. The summed E-state index contributed by atoms with van der Waals surface area (Å²) in [7, 11) is 0. The summed E-state index contributed by atoms with van der Waals surface area (Å²) >= 11 is 0. The third-order valence-corrected chi connectivity index (χ3v) is 4.68. The van der Waals surface area contributed by atoms with Gasteiger partial charge in [-0.25, -0.2) is 13.8 Å². The highest BCUT2D eigenvalue weighted by atomic mass is 19.1. The molecular weight excluding hydrogens is 381 g/mol. The first kappa shape index (κ1) is 19.3. The van der Waals surface area contributed by atoms with E-state index in [-0.39, 0.29) is 11.7 Å². The molecule has 30 heavy (non-hydrogen) atoms. The molecule has 7 heteroatoms. The molecule has 0 aliphatic carbocycles. The van der Waals surface area contributed by atoms with Gasteiger partial charge in [0, 0.05) is 29.6 Å². The lowest BCUT2D eigenvalue weighted by atomic mass is 10.2. The Morgan fingerprint density at radius 1 is 0.967 bits per heavy atom. The van der Waals surface area contributed by atoms with Gasteiger partial charge in [-0.15, -0.1) is 0 Å². The standard InChI is InChI=1S/C23H20FN5O/c1-16-21(17(2)29(26-16)20-10-8-18(24)9-11-20)12-13-23(30)25-22-14-15-28(27-22)19-6-4-3-5-7-19/h3-15H,1-2H3,(H,25,27,30)/b13-12+. The van der Waals surface area contributed by atoms with Crippen LogP contribution >= 0.6 is 0 Å². The van der Waals surface area contributed by atoms with Crippen molar-refractivity contribution in [3.8, 4) is 11.4 Å². The Bertz CT molecular complexity index is 1210. The number of rotatable bonds is 5. The van der Waals surface area contributed by atoms with Gasteiger partial charge in [-0.1, -0.05) is 18.2 Å². The minimum absolute atomic E-state index is 0.290. The number of benzene rings is 2. The summed E-state index contributed by atoms with van der Waals surface area (Å²) < 4.78 is 16.6. The number of amides is 1. The lowest BCUT2D eigenvalue weighted by molar-refractivity contribution is -0.111. The molecule has 0 radical (unpaired) electrons. The van der Waals surface area contributed by atoms with Gasteiger partial charge in [0.05, 0.1) is 17.1 Å². The highest BCUT2D eigenvalue weighted by Crippen LogP contribution is 2.19. The van der Waals surface area contributed by atoms with E-state index in [2.05, 4.69) is 15.5 Å². The minimum Gasteiger partial charge on any atom is -0.306 e. The Morgan fingerprint density at radius 3 is 2.43 bits per heavy atom. The molecule has 0 spiro atoms. The lowest BCUT2D eigenvalue weighted by Crippen LogP contribution is -2.09. The third kappa shape index (κ3) is 4.05. The largest absolute Gasteiger partial charge is 0.306 e. The maximum Gasteiger partial charge on any atom is 0.249 e. The van der Waals surface area contributed by atoms with Crippen molar-refractivity contribution >= 4 is 17.8 Å². The van der Waals surface area contributed by atoms with Crippen LogP contribution in [0.3, 0.4) is 0 Å². The van der Waals surface area contributed by atoms with Crippen LogP contribution < -0.4 is 5.32 Å². The second-order valence-corrected chi connectivity index (χ2v) is 6.78. The third-order valence-electron chi connectivity index (χ3n) is 4.68. The fraction of sp³-hybridized carbons (Fsp3) is 0.0870. The molecule has 0 aliphatic rings. The summed E-state index contributed by atoms with van der Waals surface area (Å²) in [5, 5.41) is 11.6.